The lowest BCUT2D eigenvalue weighted by molar-refractivity contribution is 0.194. The summed E-state index contributed by atoms with van der Waals surface area (Å²) in [5, 5.41) is 9.27. The first-order valence-electron chi connectivity index (χ1n) is 11.0. The molecule has 0 aromatic carbocycles. The molecule has 10 nitrogen and oxygen atoms in total. The highest BCUT2D eigenvalue weighted by molar-refractivity contribution is 5.81. The molecule has 4 heterocycles. The summed E-state index contributed by atoms with van der Waals surface area (Å²) in [4.78, 5) is 26.0. The van der Waals surface area contributed by atoms with E-state index in [0.717, 1.165) is 81.0 Å². The standard InChI is InChI=1S/C23H28N10/c1-18-20(6-5-19-4-3-7-26-16-19)21(29-22(25)28-18)31-12-14-33(15-13-31)23(27-17-24)32-10-8-30(2)9-11-32/h3-4,7,16H,8-15H2,1-2H3,(H2,25,28,29)/b27-23-. The highest BCUT2D eigenvalue weighted by Gasteiger charge is 2.27. The van der Waals surface area contributed by atoms with Crippen molar-refractivity contribution in [2.45, 2.75) is 6.92 Å². The number of pyridine rings is 1. The molecule has 10 heteroatoms. The molecule has 4 rings (SSSR count). The summed E-state index contributed by atoms with van der Waals surface area (Å²) in [6, 6.07) is 3.78. The molecule has 0 radical (unpaired) electrons. The number of anilines is 2. The van der Waals surface area contributed by atoms with Crippen LogP contribution in [0.2, 0.25) is 0 Å². The van der Waals surface area contributed by atoms with Gasteiger partial charge >= 0.3 is 0 Å². The first-order chi connectivity index (χ1) is 16.0. The Labute approximate surface area is 194 Å². The smallest absolute Gasteiger partial charge is 0.222 e. The van der Waals surface area contributed by atoms with Crippen molar-refractivity contribution in [1.82, 2.24) is 29.7 Å². The third kappa shape index (κ3) is 5.30. The van der Waals surface area contributed by atoms with Gasteiger partial charge in [-0.1, -0.05) is 11.8 Å². The highest BCUT2D eigenvalue weighted by Crippen LogP contribution is 2.23. The Balaban J connectivity index is 1.52. The van der Waals surface area contributed by atoms with E-state index in [0.29, 0.717) is 0 Å². The van der Waals surface area contributed by atoms with Crippen LogP contribution in [-0.2, 0) is 0 Å². The van der Waals surface area contributed by atoms with Gasteiger partial charge in [-0.25, -0.2) is 4.98 Å². The quantitative estimate of drug-likeness (QED) is 0.288. The van der Waals surface area contributed by atoms with Crippen molar-refractivity contribution in [3.05, 3.63) is 41.3 Å². The molecule has 0 aliphatic carbocycles. The molecule has 0 saturated carbocycles. The van der Waals surface area contributed by atoms with Gasteiger partial charge in [-0.05, 0) is 26.1 Å². The lowest BCUT2D eigenvalue weighted by atomic mass is 10.1. The Bertz CT molecular complexity index is 1100. The normalized spacial score (nSPS) is 17.4. The number of hydrogen-bond acceptors (Lipinski definition) is 8. The van der Waals surface area contributed by atoms with Crippen LogP contribution < -0.4 is 10.6 Å². The Hall–Kier alpha value is -3.89. The van der Waals surface area contributed by atoms with Crippen molar-refractivity contribution in [2.75, 3.05) is 70.0 Å². The second kappa shape index (κ2) is 10.2. The average Bonchev–Trinajstić information content (AvgIpc) is 2.83. The van der Waals surface area contributed by atoms with Gasteiger partial charge in [0.25, 0.3) is 0 Å². The second-order valence-electron chi connectivity index (χ2n) is 8.13. The second-order valence-corrected chi connectivity index (χ2v) is 8.13. The molecule has 2 N–H and O–H groups in total. The van der Waals surface area contributed by atoms with Gasteiger partial charge in [0.15, 0.2) is 0 Å². The van der Waals surface area contributed by atoms with E-state index >= 15 is 0 Å². The van der Waals surface area contributed by atoms with Crippen LogP contribution in [0.1, 0.15) is 16.8 Å². The molecule has 0 unspecified atom stereocenters. The van der Waals surface area contributed by atoms with Gasteiger partial charge < -0.3 is 25.3 Å². The summed E-state index contributed by atoms with van der Waals surface area (Å²) in [5.74, 6) is 8.13. The first kappa shape index (κ1) is 22.3. The minimum atomic E-state index is 0.237. The van der Waals surface area contributed by atoms with Crippen molar-refractivity contribution < 1.29 is 0 Å². The molecule has 170 valence electrons. The number of likely N-dealkylation sites (N-methyl/N-ethyl adjacent to an activating group) is 1. The molecular formula is C23H28N10. The lowest BCUT2D eigenvalue weighted by Crippen LogP contribution is -2.57. The number of aliphatic imine (C=N–C) groups is 1. The Morgan fingerprint density at radius 3 is 2.36 bits per heavy atom. The number of rotatable bonds is 1. The molecule has 33 heavy (non-hydrogen) atoms. The van der Waals surface area contributed by atoms with Crippen molar-refractivity contribution in [3.63, 3.8) is 0 Å². The van der Waals surface area contributed by atoms with E-state index in [1.165, 1.54) is 0 Å². The van der Waals surface area contributed by atoms with Crippen molar-refractivity contribution in [1.29, 1.82) is 5.26 Å². The lowest BCUT2D eigenvalue weighted by Gasteiger charge is -2.42. The molecule has 0 spiro atoms. The van der Waals surface area contributed by atoms with Gasteiger partial charge in [-0.2, -0.15) is 10.2 Å². The summed E-state index contributed by atoms with van der Waals surface area (Å²) in [6.07, 6.45) is 5.44. The SMILES string of the molecule is Cc1nc(N)nc(N2CCN(/C(=N\C#N)N3CCN(C)CC3)CC2)c1C#Cc1cccnc1. The van der Waals surface area contributed by atoms with Crippen molar-refractivity contribution >= 4 is 17.7 Å². The molecule has 2 aromatic heterocycles. The summed E-state index contributed by atoms with van der Waals surface area (Å²) in [5.41, 5.74) is 8.33. The summed E-state index contributed by atoms with van der Waals surface area (Å²) in [7, 11) is 2.11. The van der Waals surface area contributed by atoms with Crippen LogP contribution in [0.15, 0.2) is 29.5 Å². The predicted molar refractivity (Wildman–Crippen MR) is 127 cm³/mol. The van der Waals surface area contributed by atoms with E-state index in [9.17, 15) is 5.26 Å². The Morgan fingerprint density at radius 1 is 1.03 bits per heavy atom. The topological polar surface area (TPSA) is 114 Å². The third-order valence-electron chi connectivity index (χ3n) is 5.88. The largest absolute Gasteiger partial charge is 0.368 e. The fraction of sp³-hybridized carbons (Fsp3) is 0.435. The number of aryl methyl sites for hydroxylation is 1. The van der Waals surface area contributed by atoms with Crippen LogP contribution in [0.25, 0.3) is 0 Å². The molecule has 2 fully saturated rings. The van der Waals surface area contributed by atoms with E-state index < -0.39 is 0 Å². The maximum absolute atomic E-state index is 9.27. The number of nitriles is 1. The van der Waals surface area contributed by atoms with Crippen molar-refractivity contribution in [3.8, 4) is 18.0 Å². The van der Waals surface area contributed by atoms with E-state index in [2.05, 4.69) is 58.4 Å². The number of aromatic nitrogens is 3. The molecule has 0 atom stereocenters. The van der Waals surface area contributed by atoms with Gasteiger partial charge in [-0.3, -0.25) is 4.98 Å². The average molecular weight is 445 g/mol. The molecule has 2 aliphatic heterocycles. The fourth-order valence-electron chi connectivity index (χ4n) is 4.04. The van der Waals surface area contributed by atoms with E-state index in [4.69, 9.17) is 5.73 Å². The van der Waals surface area contributed by atoms with Crippen LogP contribution >= 0.6 is 0 Å². The number of hydrogen-bond donors (Lipinski definition) is 1. The van der Waals surface area contributed by atoms with E-state index in [1.54, 1.807) is 12.4 Å². The molecule has 2 saturated heterocycles. The zero-order valence-corrected chi connectivity index (χ0v) is 19.1. The van der Waals surface area contributed by atoms with Crippen molar-refractivity contribution in [2.24, 2.45) is 4.99 Å². The monoisotopic (exact) mass is 444 g/mol. The zero-order valence-electron chi connectivity index (χ0n) is 19.1. The maximum atomic E-state index is 9.27. The highest BCUT2D eigenvalue weighted by atomic mass is 15.4. The fourth-order valence-corrected chi connectivity index (χ4v) is 4.04. The number of nitrogens with zero attached hydrogens (tertiary/aromatic N) is 9. The Kier molecular flexibility index (Phi) is 6.86. The molecule has 2 aliphatic rings. The summed E-state index contributed by atoms with van der Waals surface area (Å²) in [6.45, 7) is 8.45. The van der Waals surface area contributed by atoms with E-state index in [-0.39, 0.29) is 5.95 Å². The number of nitrogens with two attached hydrogens (primary N) is 1. The van der Waals surface area contributed by atoms with Crippen LogP contribution in [0.4, 0.5) is 11.8 Å². The first-order valence-corrected chi connectivity index (χ1v) is 11.0. The zero-order chi connectivity index (χ0) is 23.2. The molecular weight excluding hydrogens is 416 g/mol. The van der Waals surface area contributed by atoms with E-state index in [1.807, 2.05) is 25.2 Å². The minimum Gasteiger partial charge on any atom is -0.368 e. The molecule has 2 aromatic rings. The summed E-state index contributed by atoms with van der Waals surface area (Å²) >= 11 is 0. The molecule has 0 bridgehead atoms. The predicted octanol–water partition coefficient (Wildman–Crippen LogP) is 0.369. The van der Waals surface area contributed by atoms with Gasteiger partial charge in [-0.15, -0.1) is 4.99 Å². The summed E-state index contributed by atoms with van der Waals surface area (Å²) < 4.78 is 0. The Morgan fingerprint density at radius 2 is 1.73 bits per heavy atom. The van der Waals surface area contributed by atoms with Gasteiger partial charge in [0.1, 0.15) is 5.82 Å². The minimum absolute atomic E-state index is 0.237. The number of guanidine groups is 1. The molecule has 0 amide bonds. The van der Waals surface area contributed by atoms with Crippen LogP contribution in [0.3, 0.4) is 0 Å². The number of piperazine rings is 2. The van der Waals surface area contributed by atoms with Crippen LogP contribution in [0.5, 0.6) is 0 Å². The van der Waals surface area contributed by atoms with Gasteiger partial charge in [0.2, 0.25) is 18.1 Å². The number of nitrogen functional groups attached to an aromatic ring is 1. The van der Waals surface area contributed by atoms with Crippen LogP contribution in [-0.4, -0.2) is 95.0 Å². The van der Waals surface area contributed by atoms with Gasteiger partial charge in [0, 0.05) is 70.3 Å². The third-order valence-corrected chi connectivity index (χ3v) is 5.88. The van der Waals surface area contributed by atoms with Gasteiger partial charge in [0.05, 0.1) is 11.3 Å². The maximum Gasteiger partial charge on any atom is 0.222 e. The van der Waals surface area contributed by atoms with Crippen LogP contribution in [0, 0.1) is 30.2 Å².